The minimum Gasteiger partial charge on any atom is -0.463 e. The fourth-order valence-corrected chi connectivity index (χ4v) is 5.44. The lowest BCUT2D eigenvalue weighted by Crippen LogP contribution is -2.27. The molecule has 48 heavy (non-hydrogen) atoms. The van der Waals surface area contributed by atoms with Crippen molar-refractivity contribution in [3.8, 4) is 0 Å². The number of nitrogens with one attached hydrogen (secondary N) is 1. The van der Waals surface area contributed by atoms with Gasteiger partial charge in [0.1, 0.15) is 12.7 Å². The van der Waals surface area contributed by atoms with Crippen LogP contribution in [0.25, 0.3) is 0 Å². The van der Waals surface area contributed by atoms with Crippen LogP contribution in [-0.4, -0.2) is 54.3 Å². The summed E-state index contributed by atoms with van der Waals surface area (Å²) in [7, 11) is -4.42. The Morgan fingerprint density at radius 2 is 1.19 bits per heavy atom. The van der Waals surface area contributed by atoms with Gasteiger partial charge in [0.05, 0.1) is 13.2 Å². The second-order valence-corrected chi connectivity index (χ2v) is 13.6. The highest BCUT2D eigenvalue weighted by molar-refractivity contribution is 7.47. The first-order valence-electron chi connectivity index (χ1n) is 18.6. The number of amides is 1. The molecule has 9 nitrogen and oxygen atoms in total. The Balaban J connectivity index is 3.69. The molecule has 0 aromatic rings. The summed E-state index contributed by atoms with van der Waals surface area (Å²) in [6, 6.07) is 0. The van der Waals surface area contributed by atoms with Crippen molar-refractivity contribution in [1.82, 2.24) is 5.32 Å². The molecule has 0 aliphatic rings. The van der Waals surface area contributed by atoms with Gasteiger partial charge >= 0.3 is 13.8 Å². The van der Waals surface area contributed by atoms with Gasteiger partial charge in [-0.2, -0.15) is 0 Å². The van der Waals surface area contributed by atoms with E-state index in [2.05, 4.69) is 67.8 Å². The lowest BCUT2D eigenvalue weighted by atomic mass is 10.1. The van der Waals surface area contributed by atoms with Crippen LogP contribution in [0.5, 0.6) is 0 Å². The third-order valence-corrected chi connectivity index (χ3v) is 8.48. The van der Waals surface area contributed by atoms with Crippen LogP contribution in [0.2, 0.25) is 0 Å². The van der Waals surface area contributed by atoms with E-state index in [4.69, 9.17) is 13.8 Å². The van der Waals surface area contributed by atoms with E-state index in [1.807, 2.05) is 0 Å². The molecule has 0 aliphatic carbocycles. The molecule has 0 saturated carbocycles. The van der Waals surface area contributed by atoms with Gasteiger partial charge in [-0.15, -0.1) is 0 Å². The molecule has 2 atom stereocenters. The average molecular weight is 698 g/mol. The van der Waals surface area contributed by atoms with Gasteiger partial charge in [0.15, 0.2) is 0 Å². The van der Waals surface area contributed by atoms with Gasteiger partial charge < -0.3 is 20.1 Å². The molecule has 0 fully saturated rings. The van der Waals surface area contributed by atoms with E-state index in [1.165, 1.54) is 44.9 Å². The molecule has 1 amide bonds. The van der Waals surface area contributed by atoms with Gasteiger partial charge in [0.2, 0.25) is 5.91 Å². The molecule has 0 radical (unpaired) electrons. The molecule has 0 heterocycles. The summed E-state index contributed by atoms with van der Waals surface area (Å²) >= 11 is 0. The van der Waals surface area contributed by atoms with E-state index < -0.39 is 26.5 Å². The number of phosphoric ester groups is 1. The third kappa shape index (κ3) is 35.3. The van der Waals surface area contributed by atoms with Gasteiger partial charge in [-0.1, -0.05) is 114 Å². The molecule has 10 heteroatoms. The minimum atomic E-state index is -4.42. The van der Waals surface area contributed by atoms with Crippen molar-refractivity contribution in [1.29, 1.82) is 0 Å². The van der Waals surface area contributed by atoms with Crippen molar-refractivity contribution in [2.24, 2.45) is 0 Å². The van der Waals surface area contributed by atoms with Crippen LogP contribution in [-0.2, 0) is 27.9 Å². The van der Waals surface area contributed by atoms with Crippen LogP contribution in [0.1, 0.15) is 149 Å². The van der Waals surface area contributed by atoms with Gasteiger partial charge in [0.25, 0.3) is 0 Å². The molecular formula is C38H68NO8P. The summed E-state index contributed by atoms with van der Waals surface area (Å²) in [5.74, 6) is -0.560. The predicted molar refractivity (Wildman–Crippen MR) is 197 cm³/mol. The third-order valence-electron chi connectivity index (χ3n) is 7.49. The zero-order chi connectivity index (χ0) is 35.4. The van der Waals surface area contributed by atoms with Crippen molar-refractivity contribution in [2.45, 2.75) is 155 Å². The van der Waals surface area contributed by atoms with Crippen LogP contribution in [0.4, 0.5) is 0 Å². The summed E-state index contributed by atoms with van der Waals surface area (Å²) in [6.45, 7) is 3.36. The van der Waals surface area contributed by atoms with Crippen molar-refractivity contribution in [3.05, 3.63) is 48.6 Å². The highest BCUT2D eigenvalue weighted by Gasteiger charge is 2.23. The molecule has 0 bridgehead atoms. The van der Waals surface area contributed by atoms with Crippen molar-refractivity contribution >= 4 is 19.7 Å². The van der Waals surface area contributed by atoms with Gasteiger partial charge in [-0.3, -0.25) is 18.6 Å². The van der Waals surface area contributed by atoms with E-state index >= 15 is 0 Å². The average Bonchev–Trinajstić information content (AvgIpc) is 3.07. The normalized spacial score (nSPS) is 14.0. The van der Waals surface area contributed by atoms with Crippen molar-refractivity contribution in [2.75, 3.05) is 26.4 Å². The number of aliphatic hydroxyl groups is 1. The van der Waals surface area contributed by atoms with E-state index in [1.54, 1.807) is 0 Å². The number of carbonyl (C=O) groups is 2. The summed E-state index contributed by atoms with van der Waals surface area (Å²) in [5.41, 5.74) is 0. The Morgan fingerprint density at radius 1 is 0.667 bits per heavy atom. The molecule has 0 aromatic carbocycles. The fourth-order valence-electron chi connectivity index (χ4n) is 4.68. The molecule has 0 spiro atoms. The number of unbranched alkanes of at least 4 members (excludes halogenated alkanes) is 13. The number of esters is 1. The SMILES string of the molecule is CC/C=C\C/C=C\C/C=C\CCCCCC(=O)OCC(O)COP(=O)(O)OCCNC(=O)CCCCCCC/C=C\CCCCCCC. The highest BCUT2D eigenvalue weighted by atomic mass is 31.2. The molecule has 0 saturated heterocycles. The zero-order valence-electron chi connectivity index (χ0n) is 30.2. The molecule has 2 unspecified atom stereocenters. The number of allylic oxidation sites excluding steroid dienone is 8. The standard InChI is InChI=1S/C38H68NO8P/c1-3-5-7-9-11-13-15-17-19-20-22-24-26-28-30-37(41)39-32-33-46-48(43,44)47-35-36(40)34-45-38(42)31-29-27-25-23-21-18-16-14-12-10-8-6-4-2/h6,8,12,14-15,17-18,21,36,40H,3-5,7,9-11,13,16,19-20,22-35H2,1-2H3,(H,39,41)(H,43,44)/b8-6-,14-12-,17-15-,21-18-. The van der Waals surface area contributed by atoms with Crippen LogP contribution in [0.15, 0.2) is 48.6 Å². The van der Waals surface area contributed by atoms with E-state index in [0.29, 0.717) is 12.8 Å². The Labute approximate surface area is 292 Å². The van der Waals surface area contributed by atoms with Crippen molar-refractivity contribution < 1.29 is 37.9 Å². The summed E-state index contributed by atoms with van der Waals surface area (Å²) in [5, 5.41) is 12.6. The highest BCUT2D eigenvalue weighted by Crippen LogP contribution is 2.42. The first-order valence-corrected chi connectivity index (χ1v) is 20.1. The molecular weight excluding hydrogens is 629 g/mol. The van der Waals surface area contributed by atoms with E-state index in [9.17, 15) is 24.2 Å². The smallest absolute Gasteiger partial charge is 0.463 e. The van der Waals surface area contributed by atoms with Gasteiger partial charge in [0, 0.05) is 19.4 Å². The fraction of sp³-hybridized carbons (Fsp3) is 0.737. The zero-order valence-corrected chi connectivity index (χ0v) is 31.1. The quantitative estimate of drug-likeness (QED) is 0.0262. The molecule has 0 aliphatic heterocycles. The first-order chi connectivity index (χ1) is 23.3. The number of hydrogen-bond donors (Lipinski definition) is 3. The molecule has 0 rings (SSSR count). The number of carbonyl (C=O) groups excluding carboxylic acids is 2. The van der Waals surface area contributed by atoms with Gasteiger partial charge in [-0.05, 0) is 70.6 Å². The number of rotatable bonds is 34. The molecule has 278 valence electrons. The Hall–Kier alpha value is -2.03. The second-order valence-electron chi connectivity index (χ2n) is 12.2. The summed E-state index contributed by atoms with van der Waals surface area (Å²) < 4.78 is 26.7. The maximum absolute atomic E-state index is 12.0. The largest absolute Gasteiger partial charge is 0.472 e. The topological polar surface area (TPSA) is 131 Å². The summed E-state index contributed by atoms with van der Waals surface area (Å²) in [6.07, 6.45) is 37.6. The maximum Gasteiger partial charge on any atom is 0.472 e. The lowest BCUT2D eigenvalue weighted by molar-refractivity contribution is -0.147. The number of ether oxygens (including phenoxy) is 1. The van der Waals surface area contributed by atoms with E-state index in [0.717, 1.165) is 70.6 Å². The maximum atomic E-state index is 12.0. The predicted octanol–water partition coefficient (Wildman–Crippen LogP) is 9.60. The van der Waals surface area contributed by atoms with Gasteiger partial charge in [-0.25, -0.2) is 4.57 Å². The monoisotopic (exact) mass is 697 g/mol. The first kappa shape index (κ1) is 46.0. The Bertz CT molecular complexity index is 934. The summed E-state index contributed by atoms with van der Waals surface area (Å²) in [4.78, 5) is 33.7. The second kappa shape index (κ2) is 34.8. The number of phosphoric acid groups is 1. The number of hydrogen-bond acceptors (Lipinski definition) is 7. The Kier molecular flexibility index (Phi) is 33.3. The lowest BCUT2D eigenvalue weighted by Gasteiger charge is -2.15. The van der Waals surface area contributed by atoms with Crippen LogP contribution in [0.3, 0.4) is 0 Å². The van der Waals surface area contributed by atoms with Crippen molar-refractivity contribution in [3.63, 3.8) is 0 Å². The molecule has 3 N–H and O–H groups in total. The van der Waals surface area contributed by atoms with Crippen LogP contribution < -0.4 is 5.32 Å². The Morgan fingerprint density at radius 3 is 1.83 bits per heavy atom. The van der Waals surface area contributed by atoms with E-state index in [-0.39, 0.29) is 32.1 Å². The molecule has 0 aromatic heterocycles. The van der Waals surface area contributed by atoms with Crippen LogP contribution >= 0.6 is 7.82 Å². The minimum absolute atomic E-state index is 0.0721. The van der Waals surface area contributed by atoms with Crippen LogP contribution in [0, 0.1) is 0 Å². The number of aliphatic hydroxyl groups excluding tert-OH is 1.